The van der Waals surface area contributed by atoms with Crippen molar-refractivity contribution in [3.63, 3.8) is 0 Å². The molecule has 0 aliphatic carbocycles. The molecule has 0 atom stereocenters. The highest BCUT2D eigenvalue weighted by Gasteiger charge is 1.80. The van der Waals surface area contributed by atoms with Crippen molar-refractivity contribution in [3.8, 4) is 0 Å². The quantitative estimate of drug-likeness (QED) is 0.425. The Morgan fingerprint density at radius 1 is 1.80 bits per heavy atom. The molecule has 0 fully saturated rings. The van der Waals surface area contributed by atoms with Crippen molar-refractivity contribution in [1.29, 1.82) is 0 Å². The summed E-state index contributed by atoms with van der Waals surface area (Å²) in [6.07, 6.45) is 0. The van der Waals surface area contributed by atoms with Crippen LogP contribution in [0.3, 0.4) is 0 Å². The van der Waals surface area contributed by atoms with Crippen LogP contribution < -0.4 is 0 Å². The highest BCUT2D eigenvalue weighted by molar-refractivity contribution is 6.08. The van der Waals surface area contributed by atoms with Gasteiger partial charge in [0, 0.05) is 11.7 Å². The summed E-state index contributed by atoms with van der Waals surface area (Å²) >= 11 is 0. The average molecular weight is 87.2 g/mol. The molecule has 0 rings (SSSR count). The first-order valence-corrected chi connectivity index (χ1v) is 2.62. The topological polar surface area (TPSA) is 0 Å². The van der Waals surface area contributed by atoms with Gasteiger partial charge in [-0.3, -0.25) is 0 Å². The van der Waals surface area contributed by atoms with Crippen LogP contribution in [-0.2, 0) is 0 Å². The van der Waals surface area contributed by atoms with Crippen LogP contribution in [-0.4, -0.2) is 10.2 Å². The minimum absolute atomic E-state index is 0. The van der Waals surface area contributed by atoms with Gasteiger partial charge in [0.25, 0.3) is 0 Å². The zero-order valence-electron chi connectivity index (χ0n) is 3.78. The Labute approximate surface area is 38.5 Å². The Morgan fingerprint density at radius 3 is 2.00 bits per heavy atom. The summed E-state index contributed by atoms with van der Waals surface area (Å²) in [5.41, 5.74) is 0. The molecule has 0 N–H and O–H groups in total. The summed E-state index contributed by atoms with van der Waals surface area (Å²) in [6, 6.07) is 1.11. The molecule has 0 aliphatic rings. The molecule has 0 aromatic heterocycles. The van der Waals surface area contributed by atoms with Crippen LogP contribution in [0.5, 0.6) is 0 Å². The van der Waals surface area contributed by atoms with Gasteiger partial charge >= 0.3 is 0 Å². The Hall–Kier alpha value is 0.217. The van der Waals surface area contributed by atoms with Gasteiger partial charge in [0.1, 0.15) is 0 Å². The van der Waals surface area contributed by atoms with E-state index in [9.17, 15) is 0 Å². The lowest BCUT2D eigenvalue weighted by atomic mass is 10.3. The van der Waals surface area contributed by atoms with Gasteiger partial charge in [-0.2, -0.15) is 0 Å². The predicted molar refractivity (Wildman–Crippen MR) is 27.5 cm³/mol. The molecule has 0 spiro atoms. The van der Waals surface area contributed by atoms with Gasteiger partial charge < -0.3 is 0 Å². The number of hydrogen-bond donors (Lipinski definition) is 0. The zero-order valence-corrected chi connectivity index (χ0v) is 4.78. The second-order valence-corrected chi connectivity index (χ2v) is 2.01. The van der Waals surface area contributed by atoms with Crippen molar-refractivity contribution < 1.29 is 1.43 Å². The molecular formula is C4H11Si. The molecule has 3 radical (unpaired) electrons. The van der Waals surface area contributed by atoms with E-state index in [4.69, 9.17) is 0 Å². The van der Waals surface area contributed by atoms with Gasteiger partial charge in [-0.05, 0) is 0 Å². The first kappa shape index (κ1) is 5.22. The number of hydrogen-bond acceptors (Lipinski definition) is 0. The van der Waals surface area contributed by atoms with Crippen molar-refractivity contribution in [2.24, 2.45) is 5.92 Å². The Morgan fingerprint density at radius 2 is 2.00 bits per heavy atom. The standard InChI is InChI=1S/C4H9Si.H2/c1-4(2)3-5;/h4H,3H2,1-2H3;1H. The lowest BCUT2D eigenvalue weighted by Crippen LogP contribution is -1.80. The van der Waals surface area contributed by atoms with Crippen molar-refractivity contribution in [1.82, 2.24) is 0 Å². The highest BCUT2D eigenvalue weighted by Crippen LogP contribution is 1.92. The first-order chi connectivity index (χ1) is 2.27. The van der Waals surface area contributed by atoms with Crippen LogP contribution in [0.25, 0.3) is 0 Å². The van der Waals surface area contributed by atoms with Gasteiger partial charge in [0.05, 0.1) is 0 Å². The molecule has 31 valence electrons. The SMILES string of the molecule is CC(C)C[Si].[HH]. The number of rotatable bonds is 1. The second-order valence-electron chi connectivity index (χ2n) is 1.60. The van der Waals surface area contributed by atoms with Crippen molar-refractivity contribution >= 4 is 10.2 Å². The van der Waals surface area contributed by atoms with E-state index in [1.54, 1.807) is 0 Å². The lowest BCUT2D eigenvalue weighted by Gasteiger charge is -1.90. The maximum absolute atomic E-state index is 3.35. The third-order valence-electron chi connectivity index (χ3n) is 0.408. The Balaban J connectivity index is 0. The van der Waals surface area contributed by atoms with Crippen molar-refractivity contribution in [2.45, 2.75) is 19.9 Å². The summed E-state index contributed by atoms with van der Waals surface area (Å²) in [5, 5.41) is 0. The smallest absolute Gasteiger partial charge is 0.0224 e. The van der Waals surface area contributed by atoms with Gasteiger partial charge in [0.2, 0.25) is 0 Å². The average Bonchev–Trinajstić information content (AvgIpc) is 1.38. The zero-order chi connectivity index (χ0) is 4.28. The molecule has 0 heterocycles. The van der Waals surface area contributed by atoms with E-state index in [1.165, 1.54) is 0 Å². The summed E-state index contributed by atoms with van der Waals surface area (Å²) in [7, 11) is 3.35. The minimum Gasteiger partial charge on any atom is -0.0631 e. The van der Waals surface area contributed by atoms with E-state index in [1.807, 2.05) is 0 Å². The molecular weight excluding hydrogens is 76.1 g/mol. The van der Waals surface area contributed by atoms with Crippen LogP contribution in [0.2, 0.25) is 6.04 Å². The molecule has 0 amide bonds. The Bertz CT molecular complexity index is 21.5. The second kappa shape index (κ2) is 2.45. The fraction of sp³-hybridized carbons (Fsp3) is 1.00. The fourth-order valence-corrected chi connectivity index (χ4v) is 0. The highest BCUT2D eigenvalue weighted by atomic mass is 28.1. The minimum atomic E-state index is 0. The molecule has 0 saturated carbocycles. The molecule has 0 nitrogen and oxygen atoms in total. The molecule has 0 aromatic rings. The lowest BCUT2D eigenvalue weighted by molar-refractivity contribution is 0.735. The van der Waals surface area contributed by atoms with Crippen molar-refractivity contribution in [2.75, 3.05) is 0 Å². The van der Waals surface area contributed by atoms with Gasteiger partial charge in [0.15, 0.2) is 0 Å². The summed E-state index contributed by atoms with van der Waals surface area (Å²) < 4.78 is 0. The summed E-state index contributed by atoms with van der Waals surface area (Å²) in [4.78, 5) is 0. The van der Waals surface area contributed by atoms with Gasteiger partial charge in [-0.15, -0.1) is 0 Å². The molecule has 5 heavy (non-hydrogen) atoms. The molecule has 0 unspecified atom stereocenters. The predicted octanol–water partition coefficient (Wildman–Crippen LogP) is 1.48. The summed E-state index contributed by atoms with van der Waals surface area (Å²) in [6.45, 7) is 4.35. The molecule has 0 bridgehead atoms. The first-order valence-electron chi connectivity index (χ1n) is 1.92. The van der Waals surface area contributed by atoms with E-state index in [0.717, 1.165) is 12.0 Å². The molecule has 1 heteroatoms. The molecule has 0 saturated heterocycles. The largest absolute Gasteiger partial charge is 0.0631 e. The van der Waals surface area contributed by atoms with Crippen LogP contribution in [0.15, 0.2) is 0 Å². The molecule has 0 aliphatic heterocycles. The van der Waals surface area contributed by atoms with Crippen molar-refractivity contribution in [3.05, 3.63) is 0 Å². The maximum atomic E-state index is 3.35. The van der Waals surface area contributed by atoms with Crippen LogP contribution in [0, 0.1) is 5.92 Å². The fourth-order valence-electron chi connectivity index (χ4n) is 0. The van der Waals surface area contributed by atoms with Crippen LogP contribution >= 0.6 is 0 Å². The van der Waals surface area contributed by atoms with Crippen LogP contribution in [0.4, 0.5) is 0 Å². The van der Waals surface area contributed by atoms with E-state index in [0.29, 0.717) is 0 Å². The van der Waals surface area contributed by atoms with E-state index in [-0.39, 0.29) is 1.43 Å². The van der Waals surface area contributed by atoms with Gasteiger partial charge in [-0.1, -0.05) is 25.8 Å². The monoisotopic (exact) mass is 87.1 g/mol. The Kier molecular flexibility index (Phi) is 2.56. The maximum Gasteiger partial charge on any atom is 0.0224 e. The normalized spacial score (nSPS) is 9.60. The van der Waals surface area contributed by atoms with Crippen LogP contribution in [0.1, 0.15) is 15.3 Å². The van der Waals surface area contributed by atoms with E-state index < -0.39 is 0 Å². The summed E-state index contributed by atoms with van der Waals surface area (Å²) in [5.74, 6) is 0.798. The van der Waals surface area contributed by atoms with Gasteiger partial charge in [-0.25, -0.2) is 0 Å². The molecule has 0 aromatic carbocycles. The third-order valence-corrected chi connectivity index (χ3v) is 1.22. The third kappa shape index (κ3) is 4.22. The van der Waals surface area contributed by atoms with E-state index in [2.05, 4.69) is 24.1 Å². The van der Waals surface area contributed by atoms with E-state index >= 15 is 0 Å².